The topological polar surface area (TPSA) is 111 Å². The highest BCUT2D eigenvalue weighted by molar-refractivity contribution is 5.93. The van der Waals surface area contributed by atoms with Gasteiger partial charge in [-0.3, -0.25) is 9.59 Å². The Balaban J connectivity index is 1.93. The Morgan fingerprint density at radius 3 is 2.31 bits per heavy atom. The van der Waals surface area contributed by atoms with Gasteiger partial charge in [0.1, 0.15) is 23.3 Å². The third kappa shape index (κ3) is 6.69. The number of nitrogens with one attached hydrogen (secondary N) is 2. The third-order valence-electron chi connectivity index (χ3n) is 6.52. The smallest absolute Gasteiger partial charge is 0.408 e. The Morgan fingerprint density at radius 1 is 1.14 bits per heavy atom. The van der Waals surface area contributed by atoms with Crippen molar-refractivity contribution in [1.82, 2.24) is 15.5 Å². The van der Waals surface area contributed by atoms with Gasteiger partial charge >= 0.3 is 6.09 Å². The van der Waals surface area contributed by atoms with Crippen LogP contribution in [0.1, 0.15) is 66.4 Å². The van der Waals surface area contributed by atoms with E-state index in [0.29, 0.717) is 5.56 Å². The molecule has 36 heavy (non-hydrogen) atoms. The van der Waals surface area contributed by atoms with Crippen LogP contribution in [0.15, 0.2) is 24.3 Å². The summed E-state index contributed by atoms with van der Waals surface area (Å²) in [5.41, 5.74) is -1.27. The first-order valence-corrected chi connectivity index (χ1v) is 12.6. The van der Waals surface area contributed by atoms with Crippen LogP contribution in [0.2, 0.25) is 0 Å². The molecule has 0 bridgehead atoms. The second kappa shape index (κ2) is 9.92. The summed E-state index contributed by atoms with van der Waals surface area (Å²) in [6.45, 7) is 10.7. The first kappa shape index (κ1) is 27.8. The Hall–Kier alpha value is -2.81. The number of β-amino-alcohol motifs (C(OH)–C–C–N with tert-alkyl or cyclic N) is 1. The van der Waals surface area contributed by atoms with E-state index in [2.05, 4.69) is 10.6 Å². The van der Waals surface area contributed by atoms with Crippen molar-refractivity contribution >= 4 is 23.6 Å². The van der Waals surface area contributed by atoms with Crippen molar-refractivity contribution in [3.8, 4) is 0 Å². The molecule has 2 aliphatic rings. The van der Waals surface area contributed by atoms with E-state index < -0.39 is 40.7 Å². The van der Waals surface area contributed by atoms with Crippen LogP contribution in [0, 0.1) is 5.41 Å². The van der Waals surface area contributed by atoms with Crippen LogP contribution >= 0.6 is 0 Å². The van der Waals surface area contributed by atoms with Crippen LogP contribution in [0.25, 0.3) is 0 Å². The molecule has 9 heteroatoms. The van der Waals surface area contributed by atoms with Crippen molar-refractivity contribution in [2.75, 3.05) is 25.5 Å². The van der Waals surface area contributed by atoms with Crippen LogP contribution in [-0.2, 0) is 19.9 Å². The lowest BCUT2D eigenvalue weighted by molar-refractivity contribution is -0.142. The minimum Gasteiger partial charge on any atom is -0.444 e. The number of hydrogen-bond acceptors (Lipinski definition) is 6. The molecular formula is C27H42N4O5. The predicted octanol–water partition coefficient (Wildman–Crippen LogP) is 2.76. The number of nitrogens with zero attached hydrogens (tertiary/aromatic N) is 2. The lowest BCUT2D eigenvalue weighted by atomic mass is 9.85. The number of carbonyl (C=O) groups excluding carboxylic acids is 3. The fraction of sp³-hybridized carbons (Fsp3) is 0.667. The molecule has 0 unspecified atom stereocenters. The number of amides is 3. The first-order chi connectivity index (χ1) is 16.5. The van der Waals surface area contributed by atoms with Gasteiger partial charge < -0.3 is 30.3 Å². The van der Waals surface area contributed by atoms with Gasteiger partial charge in [0.2, 0.25) is 11.8 Å². The molecule has 3 amide bonds. The summed E-state index contributed by atoms with van der Waals surface area (Å²) in [5, 5.41) is 17.5. The number of alkyl carbamates (subject to hydrolysis) is 1. The van der Waals surface area contributed by atoms with Crippen molar-refractivity contribution in [1.29, 1.82) is 0 Å². The van der Waals surface area contributed by atoms with Gasteiger partial charge in [-0.15, -0.1) is 0 Å². The zero-order chi connectivity index (χ0) is 27.1. The molecule has 1 aromatic carbocycles. The highest BCUT2D eigenvalue weighted by Crippen LogP contribution is 2.39. The maximum absolute atomic E-state index is 14.0. The minimum absolute atomic E-state index is 0.0615. The van der Waals surface area contributed by atoms with Crippen LogP contribution in [0.5, 0.6) is 0 Å². The molecule has 200 valence electrons. The molecule has 0 spiro atoms. The largest absolute Gasteiger partial charge is 0.444 e. The number of rotatable bonds is 6. The maximum Gasteiger partial charge on any atom is 0.408 e. The fourth-order valence-corrected chi connectivity index (χ4v) is 4.40. The first-order valence-electron chi connectivity index (χ1n) is 12.6. The highest BCUT2D eigenvalue weighted by atomic mass is 16.6. The Labute approximate surface area is 214 Å². The molecule has 3 atom stereocenters. The molecule has 1 heterocycles. The van der Waals surface area contributed by atoms with Gasteiger partial charge in [-0.25, -0.2) is 4.79 Å². The van der Waals surface area contributed by atoms with E-state index in [1.165, 1.54) is 4.90 Å². The molecule has 2 fully saturated rings. The number of carbonyl (C=O) groups is 3. The number of hydrogen-bond donors (Lipinski definition) is 3. The Morgan fingerprint density at radius 2 is 1.78 bits per heavy atom. The molecule has 0 radical (unpaired) electrons. The van der Waals surface area contributed by atoms with E-state index in [9.17, 15) is 19.5 Å². The molecule has 1 saturated carbocycles. The predicted molar refractivity (Wildman–Crippen MR) is 139 cm³/mol. The number of benzene rings is 1. The summed E-state index contributed by atoms with van der Waals surface area (Å²) in [4.78, 5) is 43.2. The summed E-state index contributed by atoms with van der Waals surface area (Å²) in [6.07, 6.45) is 1.18. The molecule has 0 aromatic heterocycles. The van der Waals surface area contributed by atoms with E-state index in [-0.39, 0.29) is 24.9 Å². The van der Waals surface area contributed by atoms with Crippen molar-refractivity contribution in [3.63, 3.8) is 0 Å². The average molecular weight is 503 g/mol. The lowest BCUT2D eigenvalue weighted by Gasteiger charge is -2.36. The zero-order valence-electron chi connectivity index (χ0n) is 22.8. The van der Waals surface area contributed by atoms with Gasteiger partial charge in [0.25, 0.3) is 0 Å². The van der Waals surface area contributed by atoms with Crippen molar-refractivity contribution in [2.45, 2.75) is 90.1 Å². The quantitative estimate of drug-likeness (QED) is 0.552. The SMILES string of the molecule is CN(C)c1cccc([C@]2(O)C[C@@H](C(=O)NC3CC3)N(C(=O)[C@@H](NC(=O)OC(C)(C)C)C(C)(C)C)C2)c1. The second-order valence-corrected chi connectivity index (χ2v) is 12.4. The zero-order valence-corrected chi connectivity index (χ0v) is 22.8. The van der Waals surface area contributed by atoms with Crippen molar-refractivity contribution < 1.29 is 24.2 Å². The summed E-state index contributed by atoms with van der Waals surface area (Å²) in [6, 6.07) is 5.77. The van der Waals surface area contributed by atoms with E-state index in [1.807, 2.05) is 64.0 Å². The minimum atomic E-state index is -1.42. The molecule has 1 aliphatic carbocycles. The van der Waals surface area contributed by atoms with Crippen LogP contribution in [0.3, 0.4) is 0 Å². The number of likely N-dealkylation sites (tertiary alicyclic amines) is 1. The van der Waals surface area contributed by atoms with Gasteiger partial charge in [-0.05, 0) is 56.7 Å². The maximum atomic E-state index is 14.0. The number of ether oxygens (including phenoxy) is 1. The van der Waals surface area contributed by atoms with E-state index in [1.54, 1.807) is 20.8 Å². The van der Waals surface area contributed by atoms with Gasteiger partial charge in [-0.1, -0.05) is 32.9 Å². The van der Waals surface area contributed by atoms with Gasteiger partial charge in [-0.2, -0.15) is 0 Å². The van der Waals surface area contributed by atoms with Gasteiger partial charge in [0.15, 0.2) is 0 Å². The molecular weight excluding hydrogens is 460 g/mol. The summed E-state index contributed by atoms with van der Waals surface area (Å²) in [7, 11) is 3.82. The van der Waals surface area contributed by atoms with E-state index in [0.717, 1.165) is 18.5 Å². The highest BCUT2D eigenvalue weighted by Gasteiger charge is 2.52. The fourth-order valence-electron chi connectivity index (χ4n) is 4.40. The summed E-state index contributed by atoms with van der Waals surface area (Å²) in [5.74, 6) is -0.709. The second-order valence-electron chi connectivity index (χ2n) is 12.4. The third-order valence-corrected chi connectivity index (χ3v) is 6.52. The average Bonchev–Trinajstić information content (AvgIpc) is 3.48. The van der Waals surface area contributed by atoms with Gasteiger partial charge in [0.05, 0.1) is 6.54 Å². The Bertz CT molecular complexity index is 993. The molecule has 1 saturated heterocycles. The van der Waals surface area contributed by atoms with Gasteiger partial charge in [0, 0.05) is 32.2 Å². The number of aliphatic hydroxyl groups is 1. The Kier molecular flexibility index (Phi) is 7.65. The lowest BCUT2D eigenvalue weighted by Crippen LogP contribution is -2.58. The molecule has 1 aliphatic heterocycles. The van der Waals surface area contributed by atoms with E-state index in [4.69, 9.17) is 4.74 Å². The van der Waals surface area contributed by atoms with Crippen molar-refractivity contribution in [3.05, 3.63) is 29.8 Å². The summed E-state index contributed by atoms with van der Waals surface area (Å²) >= 11 is 0. The molecule has 3 N–H and O–H groups in total. The van der Waals surface area contributed by atoms with Crippen LogP contribution < -0.4 is 15.5 Å². The van der Waals surface area contributed by atoms with E-state index >= 15 is 0 Å². The summed E-state index contributed by atoms with van der Waals surface area (Å²) < 4.78 is 5.40. The normalized spacial score (nSPS) is 23.1. The number of anilines is 1. The monoisotopic (exact) mass is 502 g/mol. The van der Waals surface area contributed by atoms with Crippen molar-refractivity contribution in [2.24, 2.45) is 5.41 Å². The standard InChI is InChI=1S/C27H42N4O5/c1-25(2,3)21(29-24(34)36-26(4,5)6)23(33)31-16-27(35,15-20(31)22(32)28-18-12-13-18)17-10-9-11-19(14-17)30(7)8/h9-11,14,18,20-21,35H,12-13,15-16H2,1-8H3,(H,28,32)(H,29,34)/t20-,21+,27-/m0/s1. The van der Waals surface area contributed by atoms with Crippen LogP contribution in [0.4, 0.5) is 10.5 Å². The van der Waals surface area contributed by atoms with Crippen LogP contribution in [-0.4, -0.2) is 72.3 Å². The molecule has 1 aromatic rings. The molecule has 9 nitrogen and oxygen atoms in total. The molecule has 3 rings (SSSR count).